The second kappa shape index (κ2) is 7.26. The Hall–Kier alpha value is -2.68. The third kappa shape index (κ3) is 4.19. The number of nitrogens with one attached hydrogen (secondary N) is 1. The van der Waals surface area contributed by atoms with E-state index in [2.05, 4.69) is 15.3 Å². The zero-order valence-electron chi connectivity index (χ0n) is 12.8. The molecule has 1 aliphatic heterocycles. The van der Waals surface area contributed by atoms with Gasteiger partial charge in [0.25, 0.3) is 0 Å². The summed E-state index contributed by atoms with van der Waals surface area (Å²) < 4.78 is 11.4. The van der Waals surface area contributed by atoms with Crippen LogP contribution in [0.3, 0.4) is 0 Å². The SMILES string of the molecule is Nc1cc(N)nc(SCC(=O)NC[C@@H]2COc3ccccc3O2)n1. The number of aromatic nitrogens is 2. The van der Waals surface area contributed by atoms with Gasteiger partial charge in [-0.15, -0.1) is 0 Å². The molecule has 0 spiro atoms. The second-order valence-corrected chi connectivity index (χ2v) is 6.03. The van der Waals surface area contributed by atoms with Crippen LogP contribution in [0.15, 0.2) is 35.5 Å². The first-order chi connectivity index (χ1) is 11.6. The van der Waals surface area contributed by atoms with Gasteiger partial charge < -0.3 is 26.3 Å². The van der Waals surface area contributed by atoms with Gasteiger partial charge in [0, 0.05) is 6.07 Å². The fourth-order valence-corrected chi connectivity index (χ4v) is 2.80. The van der Waals surface area contributed by atoms with Crippen molar-refractivity contribution in [3.8, 4) is 11.5 Å². The molecule has 8 nitrogen and oxygen atoms in total. The molecular weight excluding hydrogens is 330 g/mol. The molecule has 0 saturated heterocycles. The van der Waals surface area contributed by atoms with Gasteiger partial charge in [0.1, 0.15) is 24.3 Å². The molecule has 0 saturated carbocycles. The highest BCUT2D eigenvalue weighted by molar-refractivity contribution is 7.99. The van der Waals surface area contributed by atoms with Gasteiger partial charge in [-0.2, -0.15) is 0 Å². The van der Waals surface area contributed by atoms with Gasteiger partial charge in [0.05, 0.1) is 12.3 Å². The average Bonchev–Trinajstić information content (AvgIpc) is 2.57. The van der Waals surface area contributed by atoms with Crippen molar-refractivity contribution < 1.29 is 14.3 Å². The van der Waals surface area contributed by atoms with Crippen molar-refractivity contribution in [3.05, 3.63) is 30.3 Å². The van der Waals surface area contributed by atoms with Crippen LogP contribution in [0.4, 0.5) is 11.6 Å². The highest BCUT2D eigenvalue weighted by Crippen LogP contribution is 2.30. The maximum atomic E-state index is 11.9. The van der Waals surface area contributed by atoms with E-state index in [-0.39, 0.29) is 29.4 Å². The third-order valence-corrected chi connectivity index (χ3v) is 4.02. The number of nitrogens with zero attached hydrogens (tertiary/aromatic N) is 2. The molecule has 0 fully saturated rings. The van der Waals surface area contributed by atoms with Gasteiger partial charge in [-0.1, -0.05) is 23.9 Å². The lowest BCUT2D eigenvalue weighted by Crippen LogP contribution is -2.41. The first kappa shape index (κ1) is 16.2. The predicted molar refractivity (Wildman–Crippen MR) is 90.9 cm³/mol. The minimum atomic E-state index is -0.229. The largest absolute Gasteiger partial charge is 0.486 e. The van der Waals surface area contributed by atoms with E-state index < -0.39 is 0 Å². The minimum absolute atomic E-state index is 0.160. The number of benzene rings is 1. The van der Waals surface area contributed by atoms with Crippen LogP contribution in [-0.4, -0.2) is 40.9 Å². The zero-order chi connectivity index (χ0) is 16.9. The maximum absolute atomic E-state index is 11.9. The zero-order valence-corrected chi connectivity index (χ0v) is 13.6. The number of thioether (sulfide) groups is 1. The van der Waals surface area contributed by atoms with Crippen LogP contribution >= 0.6 is 11.8 Å². The molecule has 126 valence electrons. The number of ether oxygens (including phenoxy) is 2. The molecule has 1 atom stereocenters. The van der Waals surface area contributed by atoms with Gasteiger partial charge in [0.15, 0.2) is 16.7 Å². The van der Waals surface area contributed by atoms with Crippen LogP contribution in [0.1, 0.15) is 0 Å². The predicted octanol–water partition coefficient (Wildman–Crippen LogP) is 0.689. The molecular formula is C15H17N5O3S. The van der Waals surface area contributed by atoms with Gasteiger partial charge in [0.2, 0.25) is 5.91 Å². The van der Waals surface area contributed by atoms with E-state index in [4.69, 9.17) is 20.9 Å². The first-order valence-electron chi connectivity index (χ1n) is 7.28. The molecule has 0 radical (unpaired) electrons. The highest BCUT2D eigenvalue weighted by atomic mass is 32.2. The highest BCUT2D eigenvalue weighted by Gasteiger charge is 2.21. The van der Waals surface area contributed by atoms with E-state index in [1.807, 2.05) is 24.3 Å². The monoisotopic (exact) mass is 347 g/mol. The number of hydrogen-bond donors (Lipinski definition) is 3. The number of rotatable bonds is 5. The number of fused-ring (bicyclic) bond motifs is 1. The Morgan fingerprint density at radius 2 is 1.96 bits per heavy atom. The van der Waals surface area contributed by atoms with Crippen molar-refractivity contribution in [2.45, 2.75) is 11.3 Å². The van der Waals surface area contributed by atoms with Crippen molar-refractivity contribution in [1.82, 2.24) is 15.3 Å². The van der Waals surface area contributed by atoms with Crippen LogP contribution < -0.4 is 26.3 Å². The Labute approximate surface area is 142 Å². The molecule has 1 aromatic heterocycles. The molecule has 1 amide bonds. The van der Waals surface area contributed by atoms with Gasteiger partial charge in [-0.25, -0.2) is 9.97 Å². The number of nitrogens with two attached hydrogens (primary N) is 2. The number of hydrogen-bond acceptors (Lipinski definition) is 8. The van der Waals surface area contributed by atoms with Crippen LogP contribution in [-0.2, 0) is 4.79 Å². The summed E-state index contributed by atoms with van der Waals surface area (Å²) in [4.78, 5) is 19.9. The number of carbonyl (C=O) groups excluding carboxylic acids is 1. The quantitative estimate of drug-likeness (QED) is 0.533. The number of anilines is 2. The van der Waals surface area contributed by atoms with Gasteiger partial charge in [-0.05, 0) is 12.1 Å². The fourth-order valence-electron chi connectivity index (χ4n) is 2.10. The lowest BCUT2D eigenvalue weighted by molar-refractivity contribution is -0.119. The van der Waals surface area contributed by atoms with E-state index >= 15 is 0 Å². The molecule has 0 bridgehead atoms. The molecule has 9 heteroatoms. The van der Waals surface area contributed by atoms with Gasteiger partial charge in [-0.3, -0.25) is 4.79 Å². The molecule has 1 aliphatic rings. The number of carbonyl (C=O) groups is 1. The van der Waals surface area contributed by atoms with Gasteiger partial charge >= 0.3 is 0 Å². The fraction of sp³-hybridized carbons (Fsp3) is 0.267. The summed E-state index contributed by atoms with van der Waals surface area (Å²) in [6.07, 6.45) is -0.229. The first-order valence-corrected chi connectivity index (χ1v) is 8.27. The minimum Gasteiger partial charge on any atom is -0.486 e. The standard InChI is InChI=1S/C15H17N5O3S/c16-12-5-13(17)20-15(19-12)24-8-14(21)18-6-9-7-22-10-3-1-2-4-11(10)23-9/h1-5,9H,6-8H2,(H,18,21)(H4,16,17,19,20)/t9-/m1/s1. The summed E-state index contributed by atoms with van der Waals surface area (Å²) in [7, 11) is 0. The number of nitrogen functional groups attached to an aromatic ring is 2. The Kier molecular flexibility index (Phi) is 4.90. The van der Waals surface area contributed by atoms with Crippen LogP contribution in [0.25, 0.3) is 0 Å². The number of para-hydroxylation sites is 2. The van der Waals surface area contributed by atoms with Crippen molar-refractivity contribution >= 4 is 29.3 Å². The smallest absolute Gasteiger partial charge is 0.230 e. The summed E-state index contributed by atoms with van der Waals surface area (Å²) in [5.74, 6) is 1.95. The molecule has 0 unspecified atom stereocenters. The maximum Gasteiger partial charge on any atom is 0.230 e. The lowest BCUT2D eigenvalue weighted by Gasteiger charge is -2.26. The van der Waals surface area contributed by atoms with Crippen LogP contribution in [0, 0.1) is 0 Å². The Balaban J connectivity index is 1.45. The molecule has 0 aliphatic carbocycles. The Morgan fingerprint density at radius 3 is 2.71 bits per heavy atom. The van der Waals surface area contributed by atoms with Crippen LogP contribution in [0.2, 0.25) is 0 Å². The van der Waals surface area contributed by atoms with Crippen molar-refractivity contribution in [2.24, 2.45) is 0 Å². The summed E-state index contributed by atoms with van der Waals surface area (Å²) in [5.41, 5.74) is 11.2. The van der Waals surface area contributed by atoms with Crippen LogP contribution in [0.5, 0.6) is 11.5 Å². The van der Waals surface area contributed by atoms with E-state index in [9.17, 15) is 4.79 Å². The topological polar surface area (TPSA) is 125 Å². The molecule has 1 aromatic carbocycles. The average molecular weight is 347 g/mol. The summed E-state index contributed by atoms with van der Waals surface area (Å²) in [6.45, 7) is 0.743. The lowest BCUT2D eigenvalue weighted by atomic mass is 10.2. The van der Waals surface area contributed by atoms with E-state index in [1.54, 1.807) is 0 Å². The summed E-state index contributed by atoms with van der Waals surface area (Å²) in [6, 6.07) is 8.89. The Bertz CT molecular complexity index is 723. The van der Waals surface area contributed by atoms with E-state index in [1.165, 1.54) is 17.8 Å². The number of amides is 1. The molecule has 2 aromatic rings. The second-order valence-electron chi connectivity index (χ2n) is 5.09. The summed E-state index contributed by atoms with van der Waals surface area (Å²) in [5, 5.41) is 3.17. The Morgan fingerprint density at radius 1 is 1.25 bits per heavy atom. The summed E-state index contributed by atoms with van der Waals surface area (Å²) >= 11 is 1.17. The third-order valence-electron chi connectivity index (χ3n) is 3.17. The van der Waals surface area contributed by atoms with E-state index in [0.29, 0.717) is 29.8 Å². The molecule has 5 N–H and O–H groups in total. The normalized spacial score (nSPS) is 15.8. The van der Waals surface area contributed by atoms with Crippen molar-refractivity contribution in [3.63, 3.8) is 0 Å². The van der Waals surface area contributed by atoms with E-state index in [0.717, 1.165) is 0 Å². The molecule has 24 heavy (non-hydrogen) atoms. The van der Waals surface area contributed by atoms with Crippen molar-refractivity contribution in [2.75, 3.05) is 30.4 Å². The molecule has 3 rings (SSSR count). The molecule has 2 heterocycles. The van der Waals surface area contributed by atoms with Crippen molar-refractivity contribution in [1.29, 1.82) is 0 Å².